The average Bonchev–Trinajstić information content (AvgIpc) is 2.78. The summed E-state index contributed by atoms with van der Waals surface area (Å²) in [5.74, 6) is 0. The molecular formula is C16H34N2. The molecule has 0 atom stereocenters. The number of rotatable bonds is 8. The molecule has 1 N–H and O–H groups in total. The van der Waals surface area contributed by atoms with Crippen molar-refractivity contribution in [3.8, 4) is 0 Å². The van der Waals surface area contributed by atoms with E-state index in [9.17, 15) is 0 Å². The first-order chi connectivity index (χ1) is 8.46. The Morgan fingerprint density at radius 3 is 2.28 bits per heavy atom. The Morgan fingerprint density at radius 1 is 1.17 bits per heavy atom. The lowest BCUT2D eigenvalue weighted by Gasteiger charge is -2.42. The minimum absolute atomic E-state index is 0.334. The Morgan fingerprint density at radius 2 is 1.78 bits per heavy atom. The molecule has 0 saturated heterocycles. The average molecular weight is 254 g/mol. The van der Waals surface area contributed by atoms with E-state index in [1.807, 2.05) is 0 Å². The molecule has 18 heavy (non-hydrogen) atoms. The molecule has 0 aromatic rings. The zero-order valence-electron chi connectivity index (χ0n) is 13.3. The van der Waals surface area contributed by atoms with E-state index in [-0.39, 0.29) is 0 Å². The summed E-state index contributed by atoms with van der Waals surface area (Å²) in [6.07, 6.45) is 8.14. The highest BCUT2D eigenvalue weighted by molar-refractivity contribution is 4.91. The zero-order chi connectivity index (χ0) is 13.6. The SMILES string of the molecule is CCCNCC1(CN(C)C(C)(C)CC)CCCC1. The van der Waals surface area contributed by atoms with E-state index in [0.717, 1.165) is 0 Å². The van der Waals surface area contributed by atoms with Crippen LogP contribution in [0.25, 0.3) is 0 Å². The fourth-order valence-electron chi connectivity index (χ4n) is 3.03. The minimum Gasteiger partial charge on any atom is -0.316 e. The summed E-state index contributed by atoms with van der Waals surface area (Å²) in [6, 6.07) is 0. The number of hydrogen-bond donors (Lipinski definition) is 1. The van der Waals surface area contributed by atoms with Crippen molar-refractivity contribution < 1.29 is 0 Å². The lowest BCUT2D eigenvalue weighted by molar-refractivity contribution is 0.0830. The maximum atomic E-state index is 3.67. The van der Waals surface area contributed by atoms with E-state index in [1.165, 1.54) is 58.2 Å². The summed E-state index contributed by atoms with van der Waals surface area (Å²) in [7, 11) is 2.31. The first-order valence-corrected chi connectivity index (χ1v) is 7.88. The molecule has 0 radical (unpaired) electrons. The topological polar surface area (TPSA) is 15.3 Å². The fraction of sp³-hybridized carbons (Fsp3) is 1.00. The Balaban J connectivity index is 2.56. The van der Waals surface area contributed by atoms with E-state index in [0.29, 0.717) is 11.0 Å². The molecule has 0 bridgehead atoms. The molecule has 1 saturated carbocycles. The minimum atomic E-state index is 0.334. The standard InChI is InChI=1S/C16H34N2/c1-6-12-17-13-16(10-8-9-11-16)14-18(5)15(3,4)7-2/h17H,6-14H2,1-5H3. The van der Waals surface area contributed by atoms with Crippen LogP contribution in [0.5, 0.6) is 0 Å². The molecule has 0 amide bonds. The second-order valence-electron chi connectivity index (χ2n) is 6.91. The van der Waals surface area contributed by atoms with Gasteiger partial charge in [0.25, 0.3) is 0 Å². The maximum Gasteiger partial charge on any atom is 0.0147 e. The van der Waals surface area contributed by atoms with Crippen molar-refractivity contribution in [2.45, 2.75) is 71.8 Å². The summed E-state index contributed by atoms with van der Waals surface area (Å²) in [5.41, 5.74) is 0.872. The molecule has 1 rings (SSSR count). The molecule has 0 aromatic heterocycles. The van der Waals surface area contributed by atoms with Crippen LogP contribution in [0.2, 0.25) is 0 Å². The van der Waals surface area contributed by atoms with Gasteiger partial charge in [0.2, 0.25) is 0 Å². The van der Waals surface area contributed by atoms with Gasteiger partial charge in [0, 0.05) is 18.6 Å². The summed E-state index contributed by atoms with van der Waals surface area (Å²) in [6.45, 7) is 12.9. The first kappa shape index (κ1) is 16.0. The molecule has 108 valence electrons. The van der Waals surface area contributed by atoms with Crippen molar-refractivity contribution in [1.29, 1.82) is 0 Å². The van der Waals surface area contributed by atoms with Gasteiger partial charge in [-0.2, -0.15) is 0 Å². The third kappa shape index (κ3) is 4.24. The molecule has 1 aliphatic rings. The summed E-state index contributed by atoms with van der Waals surface area (Å²) >= 11 is 0. The molecule has 0 spiro atoms. The number of hydrogen-bond acceptors (Lipinski definition) is 2. The van der Waals surface area contributed by atoms with Gasteiger partial charge in [0.05, 0.1) is 0 Å². The normalized spacial score (nSPS) is 19.7. The van der Waals surface area contributed by atoms with Crippen LogP contribution in [-0.4, -0.2) is 37.1 Å². The molecule has 0 aromatic carbocycles. The summed E-state index contributed by atoms with van der Waals surface area (Å²) in [4.78, 5) is 2.59. The molecule has 1 aliphatic carbocycles. The van der Waals surface area contributed by atoms with Crippen LogP contribution in [0.4, 0.5) is 0 Å². The van der Waals surface area contributed by atoms with Gasteiger partial charge in [-0.05, 0) is 58.5 Å². The third-order valence-corrected chi connectivity index (χ3v) is 5.06. The third-order valence-electron chi connectivity index (χ3n) is 5.06. The van der Waals surface area contributed by atoms with Crippen LogP contribution in [0.15, 0.2) is 0 Å². The van der Waals surface area contributed by atoms with Gasteiger partial charge in [-0.15, -0.1) is 0 Å². The lowest BCUT2D eigenvalue weighted by Crippen LogP contribution is -2.49. The number of nitrogens with one attached hydrogen (secondary N) is 1. The van der Waals surface area contributed by atoms with Gasteiger partial charge in [0.1, 0.15) is 0 Å². The lowest BCUT2D eigenvalue weighted by atomic mass is 9.83. The monoisotopic (exact) mass is 254 g/mol. The fourth-order valence-corrected chi connectivity index (χ4v) is 3.03. The summed E-state index contributed by atoms with van der Waals surface area (Å²) < 4.78 is 0. The Kier molecular flexibility index (Phi) is 6.13. The van der Waals surface area contributed by atoms with Crippen molar-refractivity contribution in [1.82, 2.24) is 10.2 Å². The molecule has 0 unspecified atom stereocenters. The smallest absolute Gasteiger partial charge is 0.0147 e. The largest absolute Gasteiger partial charge is 0.316 e. The van der Waals surface area contributed by atoms with Crippen molar-refractivity contribution >= 4 is 0 Å². The van der Waals surface area contributed by atoms with Crippen LogP contribution in [0.3, 0.4) is 0 Å². The van der Waals surface area contributed by atoms with Crippen molar-refractivity contribution in [2.75, 3.05) is 26.7 Å². The molecule has 1 fully saturated rings. The highest BCUT2D eigenvalue weighted by atomic mass is 15.2. The number of nitrogens with zero attached hydrogens (tertiary/aromatic N) is 1. The second kappa shape index (κ2) is 6.91. The van der Waals surface area contributed by atoms with E-state index < -0.39 is 0 Å². The Hall–Kier alpha value is -0.0800. The van der Waals surface area contributed by atoms with E-state index >= 15 is 0 Å². The molecule has 2 heteroatoms. The van der Waals surface area contributed by atoms with Gasteiger partial charge in [-0.1, -0.05) is 26.7 Å². The van der Waals surface area contributed by atoms with Crippen molar-refractivity contribution in [3.63, 3.8) is 0 Å². The molecule has 2 nitrogen and oxygen atoms in total. The highest BCUT2D eigenvalue weighted by Gasteiger charge is 2.37. The molecular weight excluding hydrogens is 220 g/mol. The zero-order valence-corrected chi connectivity index (χ0v) is 13.3. The van der Waals surface area contributed by atoms with Crippen LogP contribution in [0.1, 0.15) is 66.2 Å². The molecule has 0 heterocycles. The quantitative estimate of drug-likeness (QED) is 0.665. The van der Waals surface area contributed by atoms with Crippen LogP contribution < -0.4 is 5.32 Å². The van der Waals surface area contributed by atoms with Crippen molar-refractivity contribution in [2.24, 2.45) is 5.41 Å². The van der Waals surface area contributed by atoms with Crippen LogP contribution >= 0.6 is 0 Å². The van der Waals surface area contributed by atoms with Gasteiger partial charge in [-0.25, -0.2) is 0 Å². The van der Waals surface area contributed by atoms with Crippen LogP contribution in [-0.2, 0) is 0 Å². The van der Waals surface area contributed by atoms with E-state index in [4.69, 9.17) is 0 Å². The van der Waals surface area contributed by atoms with Gasteiger partial charge < -0.3 is 10.2 Å². The van der Waals surface area contributed by atoms with Gasteiger partial charge >= 0.3 is 0 Å². The Labute approximate surface area is 115 Å². The molecule has 0 aliphatic heterocycles. The van der Waals surface area contributed by atoms with Crippen molar-refractivity contribution in [3.05, 3.63) is 0 Å². The maximum absolute atomic E-state index is 3.67. The van der Waals surface area contributed by atoms with Gasteiger partial charge in [-0.3, -0.25) is 0 Å². The second-order valence-corrected chi connectivity index (χ2v) is 6.91. The Bertz CT molecular complexity index is 229. The summed E-state index contributed by atoms with van der Waals surface area (Å²) in [5, 5.41) is 3.67. The first-order valence-electron chi connectivity index (χ1n) is 7.88. The van der Waals surface area contributed by atoms with E-state index in [1.54, 1.807) is 0 Å². The van der Waals surface area contributed by atoms with E-state index in [2.05, 4.69) is 45.0 Å². The predicted octanol–water partition coefficient (Wildman–Crippen LogP) is 3.67. The highest BCUT2D eigenvalue weighted by Crippen LogP contribution is 2.39. The van der Waals surface area contributed by atoms with Crippen LogP contribution in [0, 0.1) is 5.41 Å². The predicted molar refractivity (Wildman–Crippen MR) is 81.1 cm³/mol. The van der Waals surface area contributed by atoms with Gasteiger partial charge in [0.15, 0.2) is 0 Å².